The first-order chi connectivity index (χ1) is 15.0. The van der Waals surface area contributed by atoms with Gasteiger partial charge in [0.25, 0.3) is 0 Å². The molecule has 4 bridgehead atoms. The molecule has 0 spiro atoms. The van der Waals surface area contributed by atoms with Gasteiger partial charge in [-0.2, -0.15) is 5.26 Å². The van der Waals surface area contributed by atoms with Gasteiger partial charge in [0.2, 0.25) is 5.91 Å². The van der Waals surface area contributed by atoms with E-state index in [1.54, 1.807) is 4.90 Å². The molecule has 6 rings (SSSR count). The number of nitrogens with one attached hydrogen (secondary N) is 2. The molecule has 6 aliphatic rings. The van der Waals surface area contributed by atoms with Gasteiger partial charge in [-0.3, -0.25) is 4.79 Å². The van der Waals surface area contributed by atoms with Gasteiger partial charge in [-0.15, -0.1) is 0 Å². The number of nitrogens with zero attached hydrogens (tertiary/aromatic N) is 2. The van der Waals surface area contributed by atoms with Crippen LogP contribution in [0.3, 0.4) is 0 Å². The summed E-state index contributed by atoms with van der Waals surface area (Å²) >= 11 is 0. The Bertz CT molecular complexity index is 742. The maximum absolute atomic E-state index is 12.8. The van der Waals surface area contributed by atoms with Crippen LogP contribution in [0.4, 0.5) is 4.79 Å². The largest absolute Gasteiger partial charge is 0.443 e. The number of carbonyl (C=O) groups is 2. The van der Waals surface area contributed by atoms with Crippen LogP contribution < -0.4 is 10.6 Å². The molecule has 5 aliphatic carbocycles. The summed E-state index contributed by atoms with van der Waals surface area (Å²) in [6.07, 6.45) is 13.3. The number of carbonyl (C=O) groups excluding carboxylic acids is 2. The molecule has 170 valence electrons. The molecule has 0 aromatic heterocycles. The zero-order valence-electron chi connectivity index (χ0n) is 18.5. The molecule has 1 aliphatic heterocycles. The summed E-state index contributed by atoms with van der Waals surface area (Å²) in [6, 6.07) is 2.25. The summed E-state index contributed by atoms with van der Waals surface area (Å²) in [7, 11) is 0. The van der Waals surface area contributed by atoms with Gasteiger partial charge in [-0.25, -0.2) is 4.79 Å². The summed E-state index contributed by atoms with van der Waals surface area (Å²) in [5, 5.41) is 16.0. The fourth-order valence-electron chi connectivity index (χ4n) is 7.71. The van der Waals surface area contributed by atoms with E-state index < -0.39 is 0 Å². The minimum Gasteiger partial charge on any atom is -0.443 e. The van der Waals surface area contributed by atoms with E-state index in [1.807, 2.05) is 0 Å². The molecule has 6 fully saturated rings. The number of rotatable bonds is 5. The third kappa shape index (κ3) is 4.28. The lowest BCUT2D eigenvalue weighted by Gasteiger charge is -2.61. The van der Waals surface area contributed by atoms with Crippen molar-refractivity contribution in [3.63, 3.8) is 0 Å². The van der Waals surface area contributed by atoms with Gasteiger partial charge in [0.15, 0.2) is 0 Å². The van der Waals surface area contributed by atoms with Gasteiger partial charge in [-0.05, 0) is 69.6 Å². The van der Waals surface area contributed by atoms with Crippen LogP contribution in [-0.2, 0) is 9.53 Å². The normalized spacial score (nSPS) is 39.3. The quantitative estimate of drug-likeness (QED) is 0.701. The van der Waals surface area contributed by atoms with Crippen LogP contribution in [0.25, 0.3) is 0 Å². The predicted molar refractivity (Wildman–Crippen MR) is 115 cm³/mol. The highest BCUT2D eigenvalue weighted by Gasteiger charge is 2.59. The minimum absolute atomic E-state index is 0.0322. The SMILES string of the molecule is N#C[C@@H]1CCCN1C(=O)CNC12CC3CC(C1)CC(OC(=O)NC1CCCCC1)(C3)C2. The van der Waals surface area contributed by atoms with E-state index in [0.29, 0.717) is 18.4 Å². The van der Waals surface area contributed by atoms with Gasteiger partial charge in [0, 0.05) is 24.5 Å². The molecule has 1 saturated heterocycles. The lowest BCUT2D eigenvalue weighted by molar-refractivity contribution is -0.148. The van der Waals surface area contributed by atoms with Crippen LogP contribution in [0.15, 0.2) is 0 Å². The van der Waals surface area contributed by atoms with Gasteiger partial charge in [-0.1, -0.05) is 19.3 Å². The molecule has 31 heavy (non-hydrogen) atoms. The van der Waals surface area contributed by atoms with Gasteiger partial charge in [0.05, 0.1) is 12.6 Å². The Morgan fingerprint density at radius 1 is 1.03 bits per heavy atom. The molecule has 2 N–H and O–H groups in total. The third-order valence-electron chi connectivity index (χ3n) is 8.58. The maximum atomic E-state index is 12.8. The van der Waals surface area contributed by atoms with E-state index in [0.717, 1.165) is 57.8 Å². The Morgan fingerprint density at radius 2 is 1.77 bits per heavy atom. The first-order valence-corrected chi connectivity index (χ1v) is 12.4. The molecule has 0 aromatic rings. The second-order valence-electron chi connectivity index (χ2n) is 11.0. The van der Waals surface area contributed by atoms with Crippen molar-refractivity contribution >= 4 is 12.0 Å². The molecule has 5 saturated carbocycles. The molecular weight excluding hydrogens is 392 g/mol. The number of hydrogen-bond acceptors (Lipinski definition) is 5. The minimum atomic E-state index is -0.387. The molecule has 0 radical (unpaired) electrons. The molecule has 0 aromatic carbocycles. The Balaban J connectivity index is 1.22. The molecule has 7 nitrogen and oxygen atoms in total. The van der Waals surface area contributed by atoms with Crippen LogP contribution in [0.1, 0.15) is 83.5 Å². The fraction of sp³-hybridized carbons (Fsp3) is 0.875. The number of likely N-dealkylation sites (tertiary alicyclic amines) is 1. The topological polar surface area (TPSA) is 94.5 Å². The number of alkyl carbamates (subject to hydrolysis) is 1. The van der Waals surface area contributed by atoms with Gasteiger partial charge < -0.3 is 20.3 Å². The standard InChI is InChI=1S/C24H36N4O3/c25-14-20-7-4-8-28(20)21(29)15-26-23-10-17-9-18(11-23)13-24(12-17,16-23)31-22(30)27-19-5-2-1-3-6-19/h17-20,26H,1-13,15-16H2,(H,27,30)/t17?,18?,20-,23?,24?/m0/s1. The molecular formula is C24H36N4O3. The monoisotopic (exact) mass is 428 g/mol. The Hall–Kier alpha value is -1.81. The van der Waals surface area contributed by atoms with E-state index in [1.165, 1.54) is 25.7 Å². The fourth-order valence-corrected chi connectivity index (χ4v) is 7.71. The van der Waals surface area contributed by atoms with Crippen molar-refractivity contribution in [3.05, 3.63) is 0 Å². The molecule has 2 unspecified atom stereocenters. The highest BCUT2D eigenvalue weighted by atomic mass is 16.6. The number of amides is 2. The Kier molecular flexibility index (Phi) is 5.62. The molecule has 7 heteroatoms. The summed E-state index contributed by atoms with van der Waals surface area (Å²) < 4.78 is 6.19. The summed E-state index contributed by atoms with van der Waals surface area (Å²) in [5.74, 6) is 1.15. The maximum Gasteiger partial charge on any atom is 0.407 e. The Labute approximate surface area is 185 Å². The summed E-state index contributed by atoms with van der Waals surface area (Å²) in [4.78, 5) is 27.3. The summed E-state index contributed by atoms with van der Waals surface area (Å²) in [5.41, 5.74) is -0.506. The zero-order valence-corrected chi connectivity index (χ0v) is 18.5. The molecule has 1 heterocycles. The number of nitriles is 1. The van der Waals surface area contributed by atoms with Crippen LogP contribution in [0.5, 0.6) is 0 Å². The van der Waals surface area contributed by atoms with Crippen LogP contribution >= 0.6 is 0 Å². The van der Waals surface area contributed by atoms with Gasteiger partial charge >= 0.3 is 6.09 Å². The van der Waals surface area contributed by atoms with Crippen LogP contribution in [0, 0.1) is 23.2 Å². The smallest absolute Gasteiger partial charge is 0.407 e. The van der Waals surface area contributed by atoms with E-state index in [4.69, 9.17) is 4.74 Å². The average molecular weight is 429 g/mol. The van der Waals surface area contributed by atoms with E-state index in [2.05, 4.69) is 16.7 Å². The zero-order chi connectivity index (χ0) is 21.5. The van der Waals surface area contributed by atoms with Crippen LogP contribution in [0.2, 0.25) is 0 Å². The summed E-state index contributed by atoms with van der Waals surface area (Å²) in [6.45, 7) is 0.966. The van der Waals surface area contributed by atoms with Crippen molar-refractivity contribution in [2.24, 2.45) is 11.8 Å². The second-order valence-corrected chi connectivity index (χ2v) is 11.0. The van der Waals surface area contributed by atoms with E-state index in [-0.39, 0.29) is 41.8 Å². The van der Waals surface area contributed by atoms with Crippen molar-refractivity contribution in [1.29, 1.82) is 5.26 Å². The van der Waals surface area contributed by atoms with Gasteiger partial charge in [0.1, 0.15) is 11.6 Å². The van der Waals surface area contributed by atoms with Crippen molar-refractivity contribution in [3.8, 4) is 6.07 Å². The van der Waals surface area contributed by atoms with Crippen molar-refractivity contribution in [1.82, 2.24) is 15.5 Å². The van der Waals surface area contributed by atoms with Crippen molar-refractivity contribution < 1.29 is 14.3 Å². The molecule has 2 amide bonds. The highest BCUT2D eigenvalue weighted by Crippen LogP contribution is 2.58. The van der Waals surface area contributed by atoms with Crippen molar-refractivity contribution in [2.45, 2.75) is 107 Å². The Morgan fingerprint density at radius 3 is 2.48 bits per heavy atom. The average Bonchev–Trinajstić information content (AvgIpc) is 3.20. The lowest BCUT2D eigenvalue weighted by atomic mass is 9.51. The molecule has 3 atom stereocenters. The van der Waals surface area contributed by atoms with E-state index >= 15 is 0 Å². The number of hydrogen-bond donors (Lipinski definition) is 2. The van der Waals surface area contributed by atoms with E-state index in [9.17, 15) is 14.9 Å². The van der Waals surface area contributed by atoms with Crippen molar-refractivity contribution in [2.75, 3.05) is 13.1 Å². The third-order valence-corrected chi connectivity index (χ3v) is 8.58. The first-order valence-electron chi connectivity index (χ1n) is 12.4. The number of ether oxygens (including phenoxy) is 1. The highest BCUT2D eigenvalue weighted by molar-refractivity contribution is 5.79. The second kappa shape index (κ2) is 8.27. The van der Waals surface area contributed by atoms with Crippen LogP contribution in [-0.4, -0.2) is 53.2 Å². The predicted octanol–water partition coefficient (Wildman–Crippen LogP) is 3.24. The lowest BCUT2D eigenvalue weighted by Crippen LogP contribution is -2.66. The first kappa shape index (κ1) is 21.1.